The van der Waals surface area contributed by atoms with Crippen molar-refractivity contribution < 1.29 is 9.59 Å². The normalized spacial score (nSPS) is 18.8. The van der Waals surface area contributed by atoms with Crippen LogP contribution in [-0.4, -0.2) is 72.3 Å². The van der Waals surface area contributed by atoms with Gasteiger partial charge in [0.05, 0.1) is 6.54 Å². The Kier molecular flexibility index (Phi) is 6.20. The highest BCUT2D eigenvalue weighted by molar-refractivity contribution is 5.79. The predicted molar refractivity (Wildman–Crippen MR) is 108 cm³/mol. The summed E-state index contributed by atoms with van der Waals surface area (Å²) in [7, 11) is 0. The summed E-state index contributed by atoms with van der Waals surface area (Å²) in [4.78, 5) is 31.3. The molecule has 2 amide bonds. The van der Waals surface area contributed by atoms with Crippen molar-refractivity contribution in [1.82, 2.24) is 14.7 Å². The van der Waals surface area contributed by atoms with Crippen LogP contribution in [0.5, 0.6) is 0 Å². The standard InChI is InChI=1S/C22H33N3O2/c1-18-6-8-19(9-7-18)22(2,3)16-20(26)25-14-12-23(13-15-25)17-21(27)24-10-4-5-11-24/h6-9H,4-5,10-17H2,1-3H3. The highest BCUT2D eigenvalue weighted by Gasteiger charge is 2.29. The summed E-state index contributed by atoms with van der Waals surface area (Å²) in [5.74, 6) is 0.457. The Labute approximate surface area is 163 Å². The molecule has 2 saturated heterocycles. The SMILES string of the molecule is Cc1ccc(C(C)(C)CC(=O)N2CCN(CC(=O)N3CCCC3)CC2)cc1. The van der Waals surface area contributed by atoms with Crippen LogP contribution in [0, 0.1) is 6.92 Å². The number of rotatable bonds is 5. The number of hydrogen-bond donors (Lipinski definition) is 0. The summed E-state index contributed by atoms with van der Waals surface area (Å²) >= 11 is 0. The second-order valence-electron chi connectivity index (χ2n) is 8.67. The van der Waals surface area contributed by atoms with Crippen LogP contribution in [0.25, 0.3) is 0 Å². The van der Waals surface area contributed by atoms with Gasteiger partial charge >= 0.3 is 0 Å². The third kappa shape index (κ3) is 5.10. The molecule has 0 aliphatic carbocycles. The number of benzene rings is 1. The Balaban J connectivity index is 1.47. The molecule has 5 heteroatoms. The van der Waals surface area contributed by atoms with Crippen LogP contribution in [0.1, 0.15) is 44.2 Å². The van der Waals surface area contributed by atoms with Gasteiger partial charge < -0.3 is 9.80 Å². The van der Waals surface area contributed by atoms with Crippen molar-refractivity contribution >= 4 is 11.8 Å². The lowest BCUT2D eigenvalue weighted by molar-refractivity contribution is -0.135. The zero-order chi connectivity index (χ0) is 19.4. The lowest BCUT2D eigenvalue weighted by atomic mass is 9.81. The maximum atomic E-state index is 12.8. The fourth-order valence-corrected chi connectivity index (χ4v) is 4.01. The Bertz CT molecular complexity index is 655. The van der Waals surface area contributed by atoms with Crippen LogP contribution in [0.4, 0.5) is 0 Å². The van der Waals surface area contributed by atoms with E-state index in [0.29, 0.717) is 13.0 Å². The number of carbonyl (C=O) groups excluding carboxylic acids is 2. The van der Waals surface area contributed by atoms with E-state index in [0.717, 1.165) is 52.1 Å². The first-order valence-electron chi connectivity index (χ1n) is 10.2. The minimum absolute atomic E-state index is 0.173. The van der Waals surface area contributed by atoms with Gasteiger partial charge in [0.15, 0.2) is 0 Å². The average molecular weight is 372 g/mol. The smallest absolute Gasteiger partial charge is 0.236 e. The topological polar surface area (TPSA) is 43.9 Å². The zero-order valence-corrected chi connectivity index (χ0v) is 17.0. The first kappa shape index (κ1) is 19.9. The Morgan fingerprint density at radius 3 is 2.00 bits per heavy atom. The number of amides is 2. The lowest BCUT2D eigenvalue weighted by Crippen LogP contribution is -2.52. The van der Waals surface area contributed by atoms with Crippen molar-refractivity contribution in [2.75, 3.05) is 45.8 Å². The van der Waals surface area contributed by atoms with E-state index >= 15 is 0 Å². The molecule has 0 bridgehead atoms. The second kappa shape index (κ2) is 8.42. The van der Waals surface area contributed by atoms with E-state index in [1.165, 1.54) is 11.1 Å². The van der Waals surface area contributed by atoms with Gasteiger partial charge in [-0.15, -0.1) is 0 Å². The van der Waals surface area contributed by atoms with E-state index < -0.39 is 0 Å². The van der Waals surface area contributed by atoms with Crippen molar-refractivity contribution in [2.45, 2.75) is 45.4 Å². The number of nitrogens with zero attached hydrogens (tertiary/aromatic N) is 3. The summed E-state index contributed by atoms with van der Waals surface area (Å²) in [5, 5.41) is 0. The zero-order valence-electron chi connectivity index (χ0n) is 17.0. The first-order valence-corrected chi connectivity index (χ1v) is 10.2. The molecular formula is C22H33N3O2. The summed E-state index contributed by atoms with van der Waals surface area (Å²) in [6.07, 6.45) is 2.78. The average Bonchev–Trinajstić information content (AvgIpc) is 3.17. The molecular weight excluding hydrogens is 338 g/mol. The lowest BCUT2D eigenvalue weighted by Gasteiger charge is -2.36. The van der Waals surface area contributed by atoms with Gasteiger partial charge in [0.2, 0.25) is 11.8 Å². The fraction of sp³-hybridized carbons (Fsp3) is 0.636. The van der Waals surface area contributed by atoms with E-state index in [2.05, 4.69) is 49.9 Å². The third-order valence-electron chi connectivity index (χ3n) is 5.97. The van der Waals surface area contributed by atoms with E-state index in [9.17, 15) is 9.59 Å². The molecule has 0 spiro atoms. The molecule has 148 valence electrons. The summed E-state index contributed by atoms with van der Waals surface area (Å²) in [6.45, 7) is 11.7. The van der Waals surface area contributed by atoms with Gasteiger partial charge in [0.25, 0.3) is 0 Å². The van der Waals surface area contributed by atoms with Gasteiger partial charge in [-0.1, -0.05) is 43.7 Å². The van der Waals surface area contributed by atoms with Crippen LogP contribution >= 0.6 is 0 Å². The highest BCUT2D eigenvalue weighted by atomic mass is 16.2. The number of likely N-dealkylation sites (tertiary alicyclic amines) is 1. The largest absolute Gasteiger partial charge is 0.342 e. The van der Waals surface area contributed by atoms with Crippen molar-refractivity contribution in [3.8, 4) is 0 Å². The van der Waals surface area contributed by atoms with Crippen LogP contribution in [0.3, 0.4) is 0 Å². The molecule has 2 heterocycles. The summed E-state index contributed by atoms with van der Waals surface area (Å²) < 4.78 is 0. The number of carbonyl (C=O) groups is 2. The molecule has 1 aromatic rings. The molecule has 0 atom stereocenters. The van der Waals surface area contributed by atoms with Gasteiger partial charge in [0, 0.05) is 45.7 Å². The maximum absolute atomic E-state index is 12.8. The van der Waals surface area contributed by atoms with Crippen molar-refractivity contribution in [3.05, 3.63) is 35.4 Å². The summed E-state index contributed by atoms with van der Waals surface area (Å²) in [5.41, 5.74) is 2.27. The fourth-order valence-electron chi connectivity index (χ4n) is 4.01. The minimum atomic E-state index is -0.173. The van der Waals surface area contributed by atoms with Crippen molar-refractivity contribution in [2.24, 2.45) is 0 Å². The van der Waals surface area contributed by atoms with Crippen LogP contribution in [0.15, 0.2) is 24.3 Å². The van der Waals surface area contributed by atoms with Gasteiger partial charge in [-0.3, -0.25) is 14.5 Å². The van der Waals surface area contributed by atoms with Crippen LogP contribution in [-0.2, 0) is 15.0 Å². The molecule has 5 nitrogen and oxygen atoms in total. The van der Waals surface area contributed by atoms with Gasteiger partial charge in [-0.2, -0.15) is 0 Å². The quantitative estimate of drug-likeness (QED) is 0.798. The van der Waals surface area contributed by atoms with Crippen molar-refractivity contribution in [3.63, 3.8) is 0 Å². The van der Waals surface area contributed by atoms with Crippen molar-refractivity contribution in [1.29, 1.82) is 0 Å². The van der Waals surface area contributed by atoms with E-state index in [1.807, 2.05) is 9.80 Å². The molecule has 0 N–H and O–H groups in total. The Morgan fingerprint density at radius 2 is 1.41 bits per heavy atom. The first-order chi connectivity index (χ1) is 12.8. The molecule has 2 aliphatic heterocycles. The highest BCUT2D eigenvalue weighted by Crippen LogP contribution is 2.28. The predicted octanol–water partition coefficient (Wildman–Crippen LogP) is 2.43. The van der Waals surface area contributed by atoms with Crippen LogP contribution < -0.4 is 0 Å². The molecule has 0 saturated carbocycles. The molecule has 3 rings (SSSR count). The molecule has 27 heavy (non-hydrogen) atoms. The third-order valence-corrected chi connectivity index (χ3v) is 5.97. The molecule has 2 fully saturated rings. The Morgan fingerprint density at radius 1 is 0.852 bits per heavy atom. The van der Waals surface area contributed by atoms with E-state index in [-0.39, 0.29) is 17.2 Å². The van der Waals surface area contributed by atoms with Gasteiger partial charge in [0.1, 0.15) is 0 Å². The van der Waals surface area contributed by atoms with Gasteiger partial charge in [-0.05, 0) is 30.7 Å². The summed E-state index contributed by atoms with van der Waals surface area (Å²) in [6, 6.07) is 8.48. The van der Waals surface area contributed by atoms with Gasteiger partial charge in [-0.25, -0.2) is 0 Å². The number of aryl methyl sites for hydroxylation is 1. The number of hydrogen-bond acceptors (Lipinski definition) is 3. The molecule has 1 aromatic carbocycles. The number of piperazine rings is 1. The molecule has 0 radical (unpaired) electrons. The Hall–Kier alpha value is -1.88. The second-order valence-corrected chi connectivity index (χ2v) is 8.67. The molecule has 0 unspecified atom stereocenters. The molecule has 2 aliphatic rings. The minimum Gasteiger partial charge on any atom is -0.342 e. The maximum Gasteiger partial charge on any atom is 0.236 e. The molecule has 0 aromatic heterocycles. The van der Waals surface area contributed by atoms with Crippen LogP contribution in [0.2, 0.25) is 0 Å². The monoisotopic (exact) mass is 371 g/mol. The van der Waals surface area contributed by atoms with E-state index in [4.69, 9.17) is 0 Å². The van der Waals surface area contributed by atoms with E-state index in [1.54, 1.807) is 0 Å².